The van der Waals surface area contributed by atoms with E-state index in [1.165, 1.54) is 0 Å². The normalized spacial score (nSPS) is 10.5. The first-order chi connectivity index (χ1) is 6.06. The lowest BCUT2D eigenvalue weighted by Gasteiger charge is -2.05. The van der Waals surface area contributed by atoms with E-state index in [9.17, 15) is 13.6 Å². The third-order valence-electron chi connectivity index (χ3n) is 1.49. The molecule has 13 heavy (non-hydrogen) atoms. The van der Waals surface area contributed by atoms with E-state index in [2.05, 4.69) is 0 Å². The molecule has 1 aromatic rings. The van der Waals surface area contributed by atoms with Gasteiger partial charge in [-0.2, -0.15) is 0 Å². The molecule has 0 saturated carbocycles. The predicted octanol–water partition coefficient (Wildman–Crippen LogP) is 2.80. The molecule has 0 amide bonds. The first-order valence-corrected chi connectivity index (χ1v) is 3.69. The predicted molar refractivity (Wildman–Crippen MR) is 43.5 cm³/mol. The van der Waals surface area contributed by atoms with Gasteiger partial charge in [0, 0.05) is 5.56 Å². The minimum atomic E-state index is -2.85. The van der Waals surface area contributed by atoms with Crippen molar-refractivity contribution >= 4 is 17.9 Å². The summed E-state index contributed by atoms with van der Waals surface area (Å²) in [5.74, 6) is -0.678. The maximum atomic E-state index is 12.2. The Hall–Kier alpha value is -1.16. The highest BCUT2D eigenvalue weighted by atomic mass is 35.5. The van der Waals surface area contributed by atoms with Gasteiger partial charge >= 0.3 is 0 Å². The molecule has 0 aliphatic heterocycles. The Labute approximate surface area is 77.8 Å². The Balaban J connectivity index is 3.32. The zero-order valence-electron chi connectivity index (χ0n) is 6.30. The van der Waals surface area contributed by atoms with Gasteiger partial charge in [0.05, 0.1) is 10.6 Å². The largest absolute Gasteiger partial charge is 0.506 e. The lowest BCUT2D eigenvalue weighted by molar-refractivity contribution is 0.112. The van der Waals surface area contributed by atoms with Gasteiger partial charge in [-0.3, -0.25) is 4.79 Å². The van der Waals surface area contributed by atoms with Crippen molar-refractivity contribution < 1.29 is 18.7 Å². The van der Waals surface area contributed by atoms with Gasteiger partial charge in [0.25, 0.3) is 6.43 Å². The minimum absolute atomic E-state index is 0.0121. The molecule has 5 heteroatoms. The second kappa shape index (κ2) is 3.70. The van der Waals surface area contributed by atoms with E-state index in [0.717, 1.165) is 12.1 Å². The van der Waals surface area contributed by atoms with E-state index in [1.807, 2.05) is 0 Å². The molecule has 0 atom stereocenters. The highest BCUT2D eigenvalue weighted by Crippen LogP contribution is 2.34. The lowest BCUT2D eigenvalue weighted by Crippen LogP contribution is -1.89. The molecule has 0 saturated heterocycles. The number of carbonyl (C=O) groups excluding carboxylic acids is 1. The number of hydrogen-bond acceptors (Lipinski definition) is 2. The maximum absolute atomic E-state index is 12.2. The first kappa shape index (κ1) is 9.92. The smallest absolute Gasteiger partial charge is 0.267 e. The van der Waals surface area contributed by atoms with Crippen LogP contribution >= 0.6 is 11.6 Å². The summed E-state index contributed by atoms with van der Waals surface area (Å²) in [6.07, 6.45) is -2.46. The maximum Gasteiger partial charge on any atom is 0.267 e. The molecule has 0 radical (unpaired) electrons. The number of benzene rings is 1. The third kappa shape index (κ3) is 1.95. The number of carbonyl (C=O) groups is 1. The Bertz CT molecular complexity index is 339. The van der Waals surface area contributed by atoms with Crippen molar-refractivity contribution in [3.05, 3.63) is 28.3 Å². The van der Waals surface area contributed by atoms with Gasteiger partial charge in [-0.05, 0) is 12.1 Å². The molecule has 70 valence electrons. The molecular formula is C8H5ClF2O2. The monoisotopic (exact) mass is 206 g/mol. The molecule has 0 aliphatic rings. The molecule has 2 nitrogen and oxygen atoms in total. The summed E-state index contributed by atoms with van der Waals surface area (Å²) in [5.41, 5.74) is -0.618. The Morgan fingerprint density at radius 2 is 2.08 bits per heavy atom. The quantitative estimate of drug-likeness (QED) is 0.756. The molecule has 0 unspecified atom stereocenters. The fourth-order valence-corrected chi connectivity index (χ4v) is 1.11. The SMILES string of the molecule is O=Cc1cc(Cl)c(O)c(C(F)F)c1. The summed E-state index contributed by atoms with van der Waals surface area (Å²) in [5, 5.41) is 8.81. The second-order valence-corrected chi connectivity index (χ2v) is 2.77. The first-order valence-electron chi connectivity index (χ1n) is 3.32. The molecule has 0 bridgehead atoms. The summed E-state index contributed by atoms with van der Waals surface area (Å²) >= 11 is 5.40. The molecule has 0 heterocycles. The standard InChI is InChI=1S/C8H5ClF2O2/c9-6-2-4(3-12)1-5(7(6)13)8(10)11/h1-3,8,13H. The van der Waals surface area contributed by atoms with E-state index in [0.29, 0.717) is 6.29 Å². The van der Waals surface area contributed by atoms with Crippen LogP contribution < -0.4 is 0 Å². The number of rotatable bonds is 2. The van der Waals surface area contributed by atoms with Crippen molar-refractivity contribution in [3.63, 3.8) is 0 Å². The second-order valence-electron chi connectivity index (χ2n) is 2.36. The van der Waals surface area contributed by atoms with Crippen LogP contribution in [0.2, 0.25) is 5.02 Å². The van der Waals surface area contributed by atoms with Crippen molar-refractivity contribution in [1.29, 1.82) is 0 Å². The highest BCUT2D eigenvalue weighted by molar-refractivity contribution is 6.32. The van der Waals surface area contributed by atoms with Crippen molar-refractivity contribution in [3.8, 4) is 5.75 Å². The minimum Gasteiger partial charge on any atom is -0.506 e. The lowest BCUT2D eigenvalue weighted by atomic mass is 10.1. The van der Waals surface area contributed by atoms with Crippen LogP contribution in [0.4, 0.5) is 8.78 Å². The van der Waals surface area contributed by atoms with E-state index >= 15 is 0 Å². The van der Waals surface area contributed by atoms with E-state index in [4.69, 9.17) is 16.7 Å². The average molecular weight is 207 g/mol. The van der Waals surface area contributed by atoms with Crippen LogP contribution in [0.3, 0.4) is 0 Å². The summed E-state index contributed by atoms with van der Waals surface area (Å²) in [6.45, 7) is 0. The van der Waals surface area contributed by atoms with E-state index < -0.39 is 17.7 Å². The molecule has 0 fully saturated rings. The number of phenols is 1. The summed E-state index contributed by atoms with van der Waals surface area (Å²) < 4.78 is 24.4. The summed E-state index contributed by atoms with van der Waals surface area (Å²) in [4.78, 5) is 10.3. The van der Waals surface area contributed by atoms with Gasteiger partial charge in [0.1, 0.15) is 12.0 Å². The van der Waals surface area contributed by atoms with Crippen molar-refractivity contribution in [1.82, 2.24) is 0 Å². The molecule has 0 aliphatic carbocycles. The van der Waals surface area contributed by atoms with Crippen LogP contribution in [-0.2, 0) is 0 Å². The number of phenolic OH excluding ortho intramolecular Hbond substituents is 1. The number of aromatic hydroxyl groups is 1. The van der Waals surface area contributed by atoms with Crippen LogP contribution in [0.1, 0.15) is 22.3 Å². The molecular weight excluding hydrogens is 202 g/mol. The van der Waals surface area contributed by atoms with Gasteiger partial charge in [0.15, 0.2) is 0 Å². The van der Waals surface area contributed by atoms with E-state index in [-0.39, 0.29) is 10.6 Å². The molecule has 0 aromatic heterocycles. The zero-order chi connectivity index (χ0) is 10.0. The Morgan fingerprint density at radius 3 is 2.54 bits per heavy atom. The summed E-state index contributed by atoms with van der Waals surface area (Å²) in [6, 6.07) is 2.02. The number of halogens is 3. The van der Waals surface area contributed by atoms with Crippen LogP contribution in [0, 0.1) is 0 Å². The van der Waals surface area contributed by atoms with Gasteiger partial charge in [-0.1, -0.05) is 11.6 Å². The average Bonchev–Trinajstić information content (AvgIpc) is 2.09. The number of hydrogen-bond donors (Lipinski definition) is 1. The van der Waals surface area contributed by atoms with Crippen molar-refractivity contribution in [2.75, 3.05) is 0 Å². The third-order valence-corrected chi connectivity index (χ3v) is 1.77. The molecule has 1 N–H and O–H groups in total. The Kier molecular flexibility index (Phi) is 2.83. The van der Waals surface area contributed by atoms with Crippen LogP contribution in [0.15, 0.2) is 12.1 Å². The fourth-order valence-electron chi connectivity index (χ4n) is 0.877. The fraction of sp³-hybridized carbons (Fsp3) is 0.125. The van der Waals surface area contributed by atoms with Gasteiger partial charge in [0.2, 0.25) is 0 Å². The number of alkyl halides is 2. The van der Waals surface area contributed by atoms with E-state index in [1.54, 1.807) is 0 Å². The molecule has 1 rings (SSSR count). The zero-order valence-corrected chi connectivity index (χ0v) is 7.05. The van der Waals surface area contributed by atoms with Crippen LogP contribution in [0.25, 0.3) is 0 Å². The highest BCUT2D eigenvalue weighted by Gasteiger charge is 2.16. The summed E-state index contributed by atoms with van der Waals surface area (Å²) in [7, 11) is 0. The van der Waals surface area contributed by atoms with Crippen LogP contribution in [-0.4, -0.2) is 11.4 Å². The molecule has 0 spiro atoms. The van der Waals surface area contributed by atoms with Crippen molar-refractivity contribution in [2.45, 2.75) is 6.43 Å². The van der Waals surface area contributed by atoms with Gasteiger partial charge in [-0.25, -0.2) is 8.78 Å². The van der Waals surface area contributed by atoms with Gasteiger partial charge < -0.3 is 5.11 Å². The number of aldehydes is 1. The van der Waals surface area contributed by atoms with Crippen molar-refractivity contribution in [2.24, 2.45) is 0 Å². The topological polar surface area (TPSA) is 37.3 Å². The Morgan fingerprint density at radius 1 is 1.46 bits per heavy atom. The van der Waals surface area contributed by atoms with Gasteiger partial charge in [-0.15, -0.1) is 0 Å². The van der Waals surface area contributed by atoms with Crippen LogP contribution in [0.5, 0.6) is 5.75 Å². The molecule has 1 aromatic carbocycles.